The Morgan fingerprint density at radius 3 is 2.60 bits per heavy atom. The summed E-state index contributed by atoms with van der Waals surface area (Å²) in [6.07, 6.45) is 1.78. The summed E-state index contributed by atoms with van der Waals surface area (Å²) in [4.78, 5) is 4.14. The molecule has 0 aliphatic rings. The van der Waals surface area contributed by atoms with Gasteiger partial charge in [0.15, 0.2) is 0 Å². The second kappa shape index (κ2) is 4.04. The number of nitrogens with one attached hydrogen (secondary N) is 1. The Kier molecular flexibility index (Phi) is 2.58. The molecule has 0 spiro atoms. The lowest BCUT2D eigenvalue weighted by Gasteiger charge is -2.02. The van der Waals surface area contributed by atoms with Crippen LogP contribution in [0.1, 0.15) is 5.69 Å². The van der Waals surface area contributed by atoms with Crippen LogP contribution >= 0.6 is 0 Å². The van der Waals surface area contributed by atoms with Crippen LogP contribution < -0.4 is 5.32 Å². The SMILES string of the molecule is CNc1ccc(-c2ccnc(C)c2)nn1. The minimum atomic E-state index is 0.768. The molecule has 0 saturated carbocycles. The van der Waals surface area contributed by atoms with Crippen molar-refractivity contribution in [1.82, 2.24) is 15.2 Å². The first-order valence-electron chi connectivity index (χ1n) is 4.74. The fourth-order valence-corrected chi connectivity index (χ4v) is 1.32. The topological polar surface area (TPSA) is 50.7 Å². The fourth-order valence-electron chi connectivity index (χ4n) is 1.32. The van der Waals surface area contributed by atoms with Crippen LogP contribution in [0.2, 0.25) is 0 Å². The molecule has 4 nitrogen and oxygen atoms in total. The van der Waals surface area contributed by atoms with Crippen molar-refractivity contribution in [3.8, 4) is 11.3 Å². The zero-order valence-corrected chi connectivity index (χ0v) is 8.73. The van der Waals surface area contributed by atoms with Gasteiger partial charge in [0.2, 0.25) is 0 Å². The number of hydrogen-bond donors (Lipinski definition) is 1. The molecular formula is C11H12N4. The van der Waals surface area contributed by atoms with E-state index in [1.165, 1.54) is 0 Å². The van der Waals surface area contributed by atoms with E-state index < -0.39 is 0 Å². The third kappa shape index (κ3) is 2.10. The molecule has 76 valence electrons. The number of nitrogens with zero attached hydrogens (tertiary/aromatic N) is 3. The Bertz CT molecular complexity index is 450. The lowest BCUT2D eigenvalue weighted by atomic mass is 10.1. The van der Waals surface area contributed by atoms with Gasteiger partial charge < -0.3 is 5.32 Å². The van der Waals surface area contributed by atoms with Gasteiger partial charge in [-0.3, -0.25) is 4.98 Å². The average molecular weight is 200 g/mol. The van der Waals surface area contributed by atoms with Crippen molar-refractivity contribution >= 4 is 5.82 Å². The van der Waals surface area contributed by atoms with E-state index in [0.29, 0.717) is 0 Å². The van der Waals surface area contributed by atoms with Crippen molar-refractivity contribution in [3.05, 3.63) is 36.2 Å². The number of aromatic nitrogens is 3. The molecule has 0 aliphatic carbocycles. The number of pyridine rings is 1. The summed E-state index contributed by atoms with van der Waals surface area (Å²) in [5.41, 5.74) is 2.88. The Morgan fingerprint density at radius 2 is 2.00 bits per heavy atom. The molecule has 1 N–H and O–H groups in total. The van der Waals surface area contributed by atoms with Gasteiger partial charge >= 0.3 is 0 Å². The van der Waals surface area contributed by atoms with Gasteiger partial charge in [0.05, 0.1) is 5.69 Å². The van der Waals surface area contributed by atoms with Crippen LogP contribution in [-0.4, -0.2) is 22.2 Å². The number of anilines is 1. The van der Waals surface area contributed by atoms with Crippen molar-refractivity contribution in [3.63, 3.8) is 0 Å². The average Bonchev–Trinajstić information content (AvgIpc) is 2.29. The number of aryl methyl sites for hydroxylation is 1. The molecule has 0 aromatic carbocycles. The van der Waals surface area contributed by atoms with Crippen LogP contribution in [0, 0.1) is 6.92 Å². The van der Waals surface area contributed by atoms with Crippen LogP contribution in [0.5, 0.6) is 0 Å². The van der Waals surface area contributed by atoms with Crippen molar-refractivity contribution < 1.29 is 0 Å². The fraction of sp³-hybridized carbons (Fsp3) is 0.182. The van der Waals surface area contributed by atoms with E-state index in [9.17, 15) is 0 Å². The molecule has 2 rings (SSSR count). The number of hydrogen-bond acceptors (Lipinski definition) is 4. The summed E-state index contributed by atoms with van der Waals surface area (Å²) in [6.45, 7) is 1.96. The Balaban J connectivity index is 2.37. The summed E-state index contributed by atoms with van der Waals surface area (Å²) >= 11 is 0. The summed E-state index contributed by atoms with van der Waals surface area (Å²) in [5.74, 6) is 0.768. The highest BCUT2D eigenvalue weighted by molar-refractivity contribution is 5.59. The first kappa shape index (κ1) is 9.58. The predicted octanol–water partition coefficient (Wildman–Crippen LogP) is 1.89. The van der Waals surface area contributed by atoms with Crippen LogP contribution in [0.3, 0.4) is 0 Å². The van der Waals surface area contributed by atoms with E-state index in [2.05, 4.69) is 20.5 Å². The normalized spacial score (nSPS) is 10.0. The quantitative estimate of drug-likeness (QED) is 0.804. The first-order chi connectivity index (χ1) is 7.29. The first-order valence-corrected chi connectivity index (χ1v) is 4.74. The zero-order valence-electron chi connectivity index (χ0n) is 8.73. The third-order valence-corrected chi connectivity index (χ3v) is 2.11. The van der Waals surface area contributed by atoms with Crippen molar-refractivity contribution in [1.29, 1.82) is 0 Å². The molecule has 0 radical (unpaired) electrons. The molecule has 0 saturated heterocycles. The summed E-state index contributed by atoms with van der Waals surface area (Å²) in [7, 11) is 1.82. The van der Waals surface area contributed by atoms with Crippen LogP contribution in [0.15, 0.2) is 30.5 Å². The van der Waals surface area contributed by atoms with Gasteiger partial charge in [-0.25, -0.2) is 0 Å². The van der Waals surface area contributed by atoms with Crippen LogP contribution in [-0.2, 0) is 0 Å². The Hall–Kier alpha value is -1.97. The van der Waals surface area contributed by atoms with Crippen LogP contribution in [0.4, 0.5) is 5.82 Å². The standard InChI is InChI=1S/C11H12N4/c1-8-7-9(5-6-13-8)10-3-4-11(12-2)15-14-10/h3-7H,1-2H3,(H,12,15). The van der Waals surface area contributed by atoms with Gasteiger partial charge in [-0.05, 0) is 31.2 Å². The molecule has 2 aromatic heterocycles. The van der Waals surface area contributed by atoms with Crippen LogP contribution in [0.25, 0.3) is 11.3 Å². The Labute approximate surface area is 88.4 Å². The highest BCUT2D eigenvalue weighted by Gasteiger charge is 2.00. The number of rotatable bonds is 2. The Morgan fingerprint density at radius 1 is 1.13 bits per heavy atom. The van der Waals surface area contributed by atoms with Gasteiger partial charge in [-0.1, -0.05) is 0 Å². The molecule has 2 heterocycles. The lowest BCUT2D eigenvalue weighted by molar-refractivity contribution is 1.03. The smallest absolute Gasteiger partial charge is 0.148 e. The summed E-state index contributed by atoms with van der Waals surface area (Å²) in [5, 5.41) is 11.1. The van der Waals surface area contributed by atoms with Gasteiger partial charge in [0.1, 0.15) is 5.82 Å². The van der Waals surface area contributed by atoms with Crippen molar-refractivity contribution in [2.75, 3.05) is 12.4 Å². The second-order valence-electron chi connectivity index (χ2n) is 3.24. The van der Waals surface area contributed by atoms with E-state index in [4.69, 9.17) is 0 Å². The lowest BCUT2D eigenvalue weighted by Crippen LogP contribution is -1.95. The van der Waals surface area contributed by atoms with Gasteiger partial charge in [0.25, 0.3) is 0 Å². The molecule has 4 heteroatoms. The minimum absolute atomic E-state index is 0.768. The monoisotopic (exact) mass is 200 g/mol. The molecular weight excluding hydrogens is 188 g/mol. The molecule has 0 bridgehead atoms. The second-order valence-corrected chi connectivity index (χ2v) is 3.24. The molecule has 2 aromatic rings. The highest BCUT2D eigenvalue weighted by atomic mass is 15.2. The highest BCUT2D eigenvalue weighted by Crippen LogP contribution is 2.16. The van der Waals surface area contributed by atoms with E-state index in [0.717, 1.165) is 22.8 Å². The maximum absolute atomic E-state index is 4.14. The van der Waals surface area contributed by atoms with Crippen molar-refractivity contribution in [2.24, 2.45) is 0 Å². The summed E-state index contributed by atoms with van der Waals surface area (Å²) in [6, 6.07) is 7.75. The van der Waals surface area contributed by atoms with Gasteiger partial charge in [-0.2, -0.15) is 0 Å². The summed E-state index contributed by atoms with van der Waals surface area (Å²) < 4.78 is 0. The van der Waals surface area contributed by atoms with Crippen molar-refractivity contribution in [2.45, 2.75) is 6.92 Å². The molecule has 0 fully saturated rings. The molecule has 0 amide bonds. The van der Waals surface area contributed by atoms with E-state index in [1.54, 1.807) is 6.20 Å². The minimum Gasteiger partial charge on any atom is -0.372 e. The molecule has 15 heavy (non-hydrogen) atoms. The maximum Gasteiger partial charge on any atom is 0.148 e. The third-order valence-electron chi connectivity index (χ3n) is 2.11. The van der Waals surface area contributed by atoms with Gasteiger partial charge in [-0.15, -0.1) is 10.2 Å². The maximum atomic E-state index is 4.14. The zero-order chi connectivity index (χ0) is 10.7. The predicted molar refractivity (Wildman–Crippen MR) is 59.5 cm³/mol. The van der Waals surface area contributed by atoms with E-state index in [1.807, 2.05) is 38.2 Å². The largest absolute Gasteiger partial charge is 0.372 e. The molecule has 0 atom stereocenters. The van der Waals surface area contributed by atoms with E-state index >= 15 is 0 Å². The molecule has 0 aliphatic heterocycles. The van der Waals surface area contributed by atoms with E-state index in [-0.39, 0.29) is 0 Å². The van der Waals surface area contributed by atoms with Gasteiger partial charge in [0, 0.05) is 24.5 Å². The molecule has 0 unspecified atom stereocenters.